The van der Waals surface area contributed by atoms with Crippen molar-refractivity contribution in [2.45, 2.75) is 33.7 Å². The first-order chi connectivity index (χ1) is 11.3. The van der Waals surface area contributed by atoms with Gasteiger partial charge in [-0.15, -0.1) is 0 Å². The van der Waals surface area contributed by atoms with Crippen molar-refractivity contribution in [2.75, 3.05) is 19.7 Å². The third-order valence-corrected chi connectivity index (χ3v) is 3.52. The molecule has 2 amide bonds. The molecule has 1 N–H and O–H groups in total. The monoisotopic (exact) mass is 332 g/mol. The molecule has 0 spiro atoms. The van der Waals surface area contributed by atoms with Crippen molar-refractivity contribution in [2.24, 2.45) is 5.92 Å². The topological polar surface area (TPSA) is 58.6 Å². The van der Waals surface area contributed by atoms with Crippen molar-refractivity contribution in [1.29, 1.82) is 0 Å². The molecule has 0 aliphatic carbocycles. The largest absolute Gasteiger partial charge is 0.484 e. The van der Waals surface area contributed by atoms with Gasteiger partial charge in [-0.25, -0.2) is 0 Å². The van der Waals surface area contributed by atoms with Crippen LogP contribution in [0.2, 0.25) is 0 Å². The van der Waals surface area contributed by atoms with E-state index < -0.39 is 6.04 Å². The summed E-state index contributed by atoms with van der Waals surface area (Å²) in [5.74, 6) is 0.204. The van der Waals surface area contributed by atoms with Gasteiger partial charge in [0.1, 0.15) is 11.8 Å². The quantitative estimate of drug-likeness (QED) is 0.707. The van der Waals surface area contributed by atoms with Gasteiger partial charge in [-0.2, -0.15) is 0 Å². The number of amides is 2. The average Bonchev–Trinajstić information content (AvgIpc) is 2.55. The van der Waals surface area contributed by atoms with E-state index in [-0.39, 0.29) is 24.3 Å². The molecule has 1 aromatic rings. The maximum atomic E-state index is 12.7. The number of carbonyl (C=O) groups is 2. The predicted molar refractivity (Wildman–Crippen MR) is 95.8 cm³/mol. The van der Waals surface area contributed by atoms with Gasteiger partial charge in [0.25, 0.3) is 5.91 Å². The van der Waals surface area contributed by atoms with Crippen LogP contribution in [-0.4, -0.2) is 42.5 Å². The molecule has 24 heavy (non-hydrogen) atoms. The molecule has 0 aliphatic heterocycles. The number of benzene rings is 1. The van der Waals surface area contributed by atoms with E-state index in [2.05, 4.69) is 11.9 Å². The van der Waals surface area contributed by atoms with E-state index in [1.165, 1.54) is 0 Å². The lowest BCUT2D eigenvalue weighted by atomic mass is 10.0. The van der Waals surface area contributed by atoms with Crippen LogP contribution in [0.15, 0.2) is 42.5 Å². The molecule has 0 aromatic heterocycles. The Bertz CT molecular complexity index is 555. The Morgan fingerprint density at radius 1 is 1.25 bits per heavy atom. The summed E-state index contributed by atoms with van der Waals surface area (Å²) in [5, 5.41) is 2.79. The van der Waals surface area contributed by atoms with Gasteiger partial charge in [0.05, 0.1) is 0 Å². The summed E-state index contributed by atoms with van der Waals surface area (Å²) >= 11 is 0. The number of hydrogen-bond donors (Lipinski definition) is 1. The van der Waals surface area contributed by atoms with Gasteiger partial charge in [0.15, 0.2) is 6.61 Å². The highest BCUT2D eigenvalue weighted by atomic mass is 16.5. The number of ether oxygens (including phenoxy) is 1. The van der Waals surface area contributed by atoms with E-state index in [1.807, 2.05) is 45.9 Å². The molecule has 5 nitrogen and oxygen atoms in total. The summed E-state index contributed by atoms with van der Waals surface area (Å²) in [6.45, 7) is 12.4. The SMILES string of the molecule is C=C(C)CN(CC)C(=O)C(NC(=O)COc1ccccc1)C(C)C. The van der Waals surface area contributed by atoms with Crippen LogP contribution >= 0.6 is 0 Å². The maximum Gasteiger partial charge on any atom is 0.258 e. The van der Waals surface area contributed by atoms with Gasteiger partial charge in [0, 0.05) is 13.1 Å². The zero-order valence-corrected chi connectivity index (χ0v) is 15.0. The van der Waals surface area contributed by atoms with Crippen LogP contribution in [0.1, 0.15) is 27.7 Å². The van der Waals surface area contributed by atoms with Gasteiger partial charge in [-0.1, -0.05) is 44.2 Å². The van der Waals surface area contributed by atoms with Gasteiger partial charge >= 0.3 is 0 Å². The molecule has 0 radical (unpaired) electrons. The first-order valence-corrected chi connectivity index (χ1v) is 8.25. The Morgan fingerprint density at radius 2 is 1.88 bits per heavy atom. The Labute approximate surface area is 144 Å². The van der Waals surface area contributed by atoms with Gasteiger partial charge in [-0.05, 0) is 31.9 Å². The maximum absolute atomic E-state index is 12.7. The number of likely N-dealkylation sites (N-methyl/N-ethyl adjacent to an activating group) is 1. The molecule has 0 bridgehead atoms. The minimum Gasteiger partial charge on any atom is -0.484 e. The molecule has 1 atom stereocenters. The zero-order chi connectivity index (χ0) is 18.1. The van der Waals surface area contributed by atoms with Crippen LogP contribution < -0.4 is 10.1 Å². The first-order valence-electron chi connectivity index (χ1n) is 8.25. The van der Waals surface area contributed by atoms with Crippen molar-refractivity contribution in [1.82, 2.24) is 10.2 Å². The Kier molecular flexibility index (Phi) is 8.02. The first kappa shape index (κ1) is 19.7. The summed E-state index contributed by atoms with van der Waals surface area (Å²) in [7, 11) is 0. The highest BCUT2D eigenvalue weighted by Gasteiger charge is 2.28. The lowest BCUT2D eigenvalue weighted by molar-refractivity contribution is -0.137. The standard InChI is InChI=1S/C19H28N2O3/c1-6-21(12-14(2)3)19(23)18(15(4)5)20-17(22)13-24-16-10-8-7-9-11-16/h7-11,15,18H,2,6,12-13H2,1,3-5H3,(H,20,22). The minimum atomic E-state index is -0.573. The summed E-state index contributed by atoms with van der Waals surface area (Å²) in [6.07, 6.45) is 0. The van der Waals surface area contributed by atoms with E-state index in [4.69, 9.17) is 4.74 Å². The number of carbonyl (C=O) groups excluding carboxylic acids is 2. The summed E-state index contributed by atoms with van der Waals surface area (Å²) in [6, 6.07) is 8.54. The molecule has 0 saturated heterocycles. The molecule has 5 heteroatoms. The second-order valence-electron chi connectivity index (χ2n) is 6.20. The molecule has 0 saturated carbocycles. The molecule has 0 fully saturated rings. The second-order valence-corrected chi connectivity index (χ2v) is 6.20. The van der Waals surface area contributed by atoms with Crippen molar-refractivity contribution >= 4 is 11.8 Å². The molecule has 0 heterocycles. The van der Waals surface area contributed by atoms with Crippen LogP contribution in [-0.2, 0) is 9.59 Å². The minimum absolute atomic E-state index is 0.0163. The number of nitrogens with one attached hydrogen (secondary N) is 1. The van der Waals surface area contributed by atoms with Crippen LogP contribution in [0.25, 0.3) is 0 Å². The molecule has 0 aliphatic rings. The zero-order valence-electron chi connectivity index (χ0n) is 15.0. The third kappa shape index (κ3) is 6.44. The number of para-hydroxylation sites is 1. The summed E-state index contributed by atoms with van der Waals surface area (Å²) in [4.78, 5) is 26.5. The Balaban J connectivity index is 2.65. The average molecular weight is 332 g/mol. The lowest BCUT2D eigenvalue weighted by Gasteiger charge is -2.29. The highest BCUT2D eigenvalue weighted by molar-refractivity contribution is 5.88. The number of hydrogen-bond acceptors (Lipinski definition) is 3. The fourth-order valence-corrected chi connectivity index (χ4v) is 2.26. The van der Waals surface area contributed by atoms with Crippen LogP contribution in [0.4, 0.5) is 0 Å². The normalized spacial score (nSPS) is 11.7. The van der Waals surface area contributed by atoms with Crippen molar-refractivity contribution in [3.8, 4) is 5.75 Å². The molecule has 132 valence electrons. The second kappa shape index (κ2) is 9.75. The predicted octanol–water partition coefficient (Wildman–Crippen LogP) is 2.63. The molecular weight excluding hydrogens is 304 g/mol. The smallest absolute Gasteiger partial charge is 0.258 e. The Hall–Kier alpha value is -2.30. The molecule has 1 aromatic carbocycles. The van der Waals surface area contributed by atoms with Gasteiger partial charge in [-0.3, -0.25) is 9.59 Å². The van der Waals surface area contributed by atoms with Crippen molar-refractivity contribution in [3.05, 3.63) is 42.5 Å². The highest BCUT2D eigenvalue weighted by Crippen LogP contribution is 2.10. The van der Waals surface area contributed by atoms with E-state index in [0.717, 1.165) is 5.57 Å². The summed E-state index contributed by atoms with van der Waals surface area (Å²) < 4.78 is 5.43. The molecular formula is C19H28N2O3. The van der Waals surface area contributed by atoms with E-state index in [0.29, 0.717) is 18.8 Å². The third-order valence-electron chi connectivity index (χ3n) is 3.52. The number of nitrogens with zero attached hydrogens (tertiary/aromatic N) is 1. The van der Waals surface area contributed by atoms with Crippen LogP contribution in [0.5, 0.6) is 5.75 Å². The molecule has 1 rings (SSSR count). The molecule has 1 unspecified atom stereocenters. The number of rotatable bonds is 9. The fraction of sp³-hybridized carbons (Fsp3) is 0.474. The van der Waals surface area contributed by atoms with E-state index in [9.17, 15) is 9.59 Å². The van der Waals surface area contributed by atoms with E-state index in [1.54, 1.807) is 17.0 Å². The fourth-order valence-electron chi connectivity index (χ4n) is 2.26. The van der Waals surface area contributed by atoms with Crippen LogP contribution in [0, 0.1) is 5.92 Å². The van der Waals surface area contributed by atoms with Crippen LogP contribution in [0.3, 0.4) is 0 Å². The van der Waals surface area contributed by atoms with E-state index >= 15 is 0 Å². The van der Waals surface area contributed by atoms with Crippen molar-refractivity contribution < 1.29 is 14.3 Å². The Morgan fingerprint density at radius 3 is 2.38 bits per heavy atom. The summed E-state index contributed by atoms with van der Waals surface area (Å²) in [5.41, 5.74) is 0.909. The van der Waals surface area contributed by atoms with Gasteiger partial charge < -0.3 is 15.0 Å². The van der Waals surface area contributed by atoms with Crippen molar-refractivity contribution in [3.63, 3.8) is 0 Å². The lowest BCUT2D eigenvalue weighted by Crippen LogP contribution is -2.52. The van der Waals surface area contributed by atoms with Gasteiger partial charge in [0.2, 0.25) is 5.91 Å².